The van der Waals surface area contributed by atoms with E-state index in [4.69, 9.17) is 4.74 Å². The third-order valence-corrected chi connectivity index (χ3v) is 6.35. The molecule has 32 heavy (non-hydrogen) atoms. The first-order chi connectivity index (χ1) is 15.4. The van der Waals surface area contributed by atoms with Crippen LogP contribution in [0.15, 0.2) is 30.3 Å². The summed E-state index contributed by atoms with van der Waals surface area (Å²) >= 11 is 0. The minimum absolute atomic E-state index is 0.0202. The Bertz CT molecular complexity index is 944. The zero-order chi connectivity index (χ0) is 23.1. The van der Waals surface area contributed by atoms with Crippen molar-refractivity contribution in [2.75, 3.05) is 6.61 Å². The zero-order valence-electron chi connectivity index (χ0n) is 19.4. The maximum absolute atomic E-state index is 13.0. The van der Waals surface area contributed by atoms with E-state index in [0.717, 1.165) is 36.6 Å². The van der Waals surface area contributed by atoms with E-state index in [1.54, 1.807) is 0 Å². The normalized spacial score (nSPS) is 19.3. The number of nitrogens with one attached hydrogen (secondary N) is 2. The Kier molecular flexibility index (Phi) is 8.31. The Morgan fingerprint density at radius 2 is 1.84 bits per heavy atom. The molecule has 1 aliphatic rings. The van der Waals surface area contributed by atoms with Crippen molar-refractivity contribution in [2.45, 2.75) is 70.9 Å². The fourth-order valence-corrected chi connectivity index (χ4v) is 4.45. The number of ether oxygens (including phenoxy) is 1. The molecule has 7 nitrogen and oxygen atoms in total. The molecule has 3 rings (SSSR count). The summed E-state index contributed by atoms with van der Waals surface area (Å²) in [7, 11) is 1.86. The molecule has 2 amide bonds. The summed E-state index contributed by atoms with van der Waals surface area (Å²) in [5.74, 6) is -0.610. The first-order valence-corrected chi connectivity index (χ1v) is 11.8. The summed E-state index contributed by atoms with van der Waals surface area (Å²) in [6.07, 6.45) is 5.30. The highest BCUT2D eigenvalue weighted by Gasteiger charge is 2.30. The van der Waals surface area contributed by atoms with E-state index in [2.05, 4.69) is 17.6 Å². The van der Waals surface area contributed by atoms with Crippen molar-refractivity contribution in [1.29, 1.82) is 0 Å². The minimum atomic E-state index is -0.580. The number of para-hydroxylation sites is 1. The molecule has 1 aliphatic carbocycles. The Labute approximate surface area is 189 Å². The number of hydrogen-bond donors (Lipinski definition) is 2. The van der Waals surface area contributed by atoms with E-state index in [9.17, 15) is 14.4 Å². The van der Waals surface area contributed by atoms with Crippen LogP contribution in [-0.4, -0.2) is 41.0 Å². The highest BCUT2D eigenvalue weighted by molar-refractivity contribution is 6.00. The monoisotopic (exact) mass is 441 g/mol. The second-order valence-corrected chi connectivity index (χ2v) is 8.62. The Hall–Kier alpha value is -2.83. The van der Waals surface area contributed by atoms with Crippen molar-refractivity contribution in [1.82, 2.24) is 15.2 Å². The molecule has 0 unspecified atom stereocenters. The Morgan fingerprint density at radius 3 is 2.50 bits per heavy atom. The molecule has 1 atom stereocenters. The number of unbranched alkanes of at least 4 members (excludes halogenated alkanes) is 1. The summed E-state index contributed by atoms with van der Waals surface area (Å²) in [4.78, 5) is 38.0. The molecule has 0 bridgehead atoms. The van der Waals surface area contributed by atoms with Gasteiger partial charge in [0, 0.05) is 24.0 Å². The van der Waals surface area contributed by atoms with Gasteiger partial charge in [0.1, 0.15) is 11.7 Å². The molecule has 2 N–H and O–H groups in total. The van der Waals surface area contributed by atoms with Gasteiger partial charge in [0.05, 0.1) is 12.5 Å². The highest BCUT2D eigenvalue weighted by atomic mass is 16.5. The first-order valence-electron chi connectivity index (χ1n) is 11.8. The van der Waals surface area contributed by atoms with Crippen LogP contribution < -0.4 is 10.6 Å². The SMILES string of the molecule is CCCC[C@H](NC(=O)c1cc2ccccc2n1C)C(=O)NC1CCC(C(=O)OCC)CC1. The molecule has 1 saturated carbocycles. The number of benzene rings is 1. The van der Waals surface area contributed by atoms with E-state index < -0.39 is 6.04 Å². The number of hydrogen-bond acceptors (Lipinski definition) is 4. The summed E-state index contributed by atoms with van der Waals surface area (Å²) in [6.45, 7) is 4.27. The van der Waals surface area contributed by atoms with Crippen molar-refractivity contribution in [3.05, 3.63) is 36.0 Å². The van der Waals surface area contributed by atoms with Crippen LogP contribution in [0.5, 0.6) is 0 Å². The van der Waals surface area contributed by atoms with Gasteiger partial charge < -0.3 is 19.9 Å². The van der Waals surface area contributed by atoms with E-state index in [1.165, 1.54) is 0 Å². The fourth-order valence-electron chi connectivity index (χ4n) is 4.45. The van der Waals surface area contributed by atoms with Crippen LogP contribution in [0.2, 0.25) is 0 Å². The maximum Gasteiger partial charge on any atom is 0.308 e. The highest BCUT2D eigenvalue weighted by Crippen LogP contribution is 2.25. The van der Waals surface area contributed by atoms with Gasteiger partial charge in [-0.2, -0.15) is 0 Å². The zero-order valence-corrected chi connectivity index (χ0v) is 19.4. The lowest BCUT2D eigenvalue weighted by molar-refractivity contribution is -0.149. The van der Waals surface area contributed by atoms with Crippen LogP contribution in [-0.2, 0) is 21.4 Å². The number of aryl methyl sites for hydroxylation is 1. The molecule has 0 aliphatic heterocycles. The van der Waals surface area contributed by atoms with E-state index in [0.29, 0.717) is 31.6 Å². The quantitative estimate of drug-likeness (QED) is 0.581. The van der Waals surface area contributed by atoms with Gasteiger partial charge in [0.25, 0.3) is 5.91 Å². The molecular formula is C25H35N3O4. The van der Waals surface area contributed by atoms with Gasteiger partial charge in [0.2, 0.25) is 5.91 Å². The number of carbonyl (C=O) groups excluding carboxylic acids is 3. The predicted molar refractivity (Wildman–Crippen MR) is 124 cm³/mol. The Balaban J connectivity index is 1.61. The summed E-state index contributed by atoms with van der Waals surface area (Å²) in [6, 6.07) is 9.13. The summed E-state index contributed by atoms with van der Waals surface area (Å²) in [5, 5.41) is 7.06. The van der Waals surface area contributed by atoms with Gasteiger partial charge in [0.15, 0.2) is 0 Å². The molecule has 1 heterocycles. The third-order valence-electron chi connectivity index (χ3n) is 6.35. The molecule has 1 aromatic carbocycles. The molecule has 0 radical (unpaired) electrons. The molecule has 2 aromatic rings. The molecule has 7 heteroatoms. The smallest absolute Gasteiger partial charge is 0.308 e. The number of aromatic nitrogens is 1. The van der Waals surface area contributed by atoms with Crippen molar-refractivity contribution in [3.8, 4) is 0 Å². The van der Waals surface area contributed by atoms with Gasteiger partial charge in [-0.05, 0) is 51.2 Å². The second kappa shape index (κ2) is 11.2. The van der Waals surface area contributed by atoms with Gasteiger partial charge in [-0.15, -0.1) is 0 Å². The van der Waals surface area contributed by atoms with Crippen LogP contribution >= 0.6 is 0 Å². The second-order valence-electron chi connectivity index (χ2n) is 8.62. The third kappa shape index (κ3) is 5.69. The topological polar surface area (TPSA) is 89.4 Å². The van der Waals surface area contributed by atoms with Gasteiger partial charge in [-0.3, -0.25) is 14.4 Å². The van der Waals surface area contributed by atoms with Crippen molar-refractivity contribution in [3.63, 3.8) is 0 Å². The lowest BCUT2D eigenvalue weighted by Gasteiger charge is -2.29. The van der Waals surface area contributed by atoms with E-state index >= 15 is 0 Å². The summed E-state index contributed by atoms with van der Waals surface area (Å²) < 4.78 is 6.98. The van der Waals surface area contributed by atoms with Crippen molar-refractivity contribution < 1.29 is 19.1 Å². The largest absolute Gasteiger partial charge is 0.466 e. The van der Waals surface area contributed by atoms with E-state index in [1.807, 2.05) is 48.9 Å². The maximum atomic E-state index is 13.0. The Morgan fingerprint density at radius 1 is 1.12 bits per heavy atom. The van der Waals surface area contributed by atoms with Gasteiger partial charge in [-0.1, -0.05) is 38.0 Å². The minimum Gasteiger partial charge on any atom is -0.466 e. The average Bonchev–Trinajstić information content (AvgIpc) is 3.14. The fraction of sp³-hybridized carbons (Fsp3) is 0.560. The van der Waals surface area contributed by atoms with Gasteiger partial charge in [-0.25, -0.2) is 0 Å². The first kappa shape index (κ1) is 23.8. The van der Waals surface area contributed by atoms with Gasteiger partial charge >= 0.3 is 5.97 Å². The van der Waals surface area contributed by atoms with Crippen LogP contribution in [0.4, 0.5) is 0 Å². The van der Waals surface area contributed by atoms with E-state index in [-0.39, 0.29) is 29.7 Å². The van der Waals surface area contributed by atoms with Crippen LogP contribution in [0.25, 0.3) is 10.9 Å². The number of esters is 1. The number of carbonyl (C=O) groups is 3. The molecule has 174 valence electrons. The number of amides is 2. The van der Waals surface area contributed by atoms with Crippen LogP contribution in [0.1, 0.15) is 69.3 Å². The van der Waals surface area contributed by atoms with Crippen molar-refractivity contribution in [2.24, 2.45) is 13.0 Å². The van der Waals surface area contributed by atoms with Crippen molar-refractivity contribution >= 4 is 28.7 Å². The lowest BCUT2D eigenvalue weighted by atomic mass is 9.86. The number of fused-ring (bicyclic) bond motifs is 1. The standard InChI is InChI=1S/C25H35N3O4/c1-4-6-10-20(23(29)26-19-14-12-17(13-15-19)25(31)32-5-2)27-24(30)22-16-18-9-7-8-11-21(18)28(22)3/h7-9,11,16-17,19-20H,4-6,10,12-15H2,1-3H3,(H,26,29)(H,27,30)/t17?,19?,20-/m0/s1. The number of nitrogens with zero attached hydrogens (tertiary/aromatic N) is 1. The molecule has 0 saturated heterocycles. The molecule has 1 aromatic heterocycles. The molecular weight excluding hydrogens is 406 g/mol. The number of rotatable bonds is 9. The van der Waals surface area contributed by atoms with Crippen LogP contribution in [0, 0.1) is 5.92 Å². The predicted octanol–water partition coefficient (Wildman–Crippen LogP) is 3.71. The molecule has 1 fully saturated rings. The summed E-state index contributed by atoms with van der Waals surface area (Å²) in [5.41, 5.74) is 1.51. The van der Waals surface area contributed by atoms with Crippen LogP contribution in [0.3, 0.4) is 0 Å². The average molecular weight is 442 g/mol. The lowest BCUT2D eigenvalue weighted by Crippen LogP contribution is -2.50. The molecule has 0 spiro atoms.